The summed E-state index contributed by atoms with van der Waals surface area (Å²) < 4.78 is 10.4. The van der Waals surface area contributed by atoms with Crippen molar-refractivity contribution in [3.63, 3.8) is 0 Å². The third-order valence-electron chi connectivity index (χ3n) is 9.60. The minimum Gasteiger partial charge on any atom is -0.664 e. The van der Waals surface area contributed by atoms with Gasteiger partial charge in [0.15, 0.2) is 5.78 Å². The van der Waals surface area contributed by atoms with Crippen molar-refractivity contribution in [1.29, 1.82) is 0 Å². The van der Waals surface area contributed by atoms with Crippen LogP contribution in [0, 0.1) is 45.4 Å². The fourth-order valence-electron chi connectivity index (χ4n) is 6.78. The van der Waals surface area contributed by atoms with E-state index in [1.807, 2.05) is 52.8 Å². The Morgan fingerprint density at radius 1 is 0.915 bits per heavy atom. The van der Waals surface area contributed by atoms with Crippen molar-refractivity contribution in [2.75, 3.05) is 13.7 Å². The van der Waals surface area contributed by atoms with Gasteiger partial charge in [-0.15, -0.1) is 33.5 Å². The summed E-state index contributed by atoms with van der Waals surface area (Å²) in [4.78, 5) is 54.8. The number of Topliss-reactive ketones (excluding diaryl/α,β-unsaturated/α-hetero) is 1. The second-order valence-corrected chi connectivity index (χ2v) is 12.1. The van der Waals surface area contributed by atoms with Crippen LogP contribution in [0.3, 0.4) is 0 Å². The van der Waals surface area contributed by atoms with E-state index in [4.69, 9.17) is 29.7 Å². The number of ether oxygens (including phenoxy) is 2. The Bertz CT molecular complexity index is 2040. The van der Waals surface area contributed by atoms with Crippen molar-refractivity contribution in [2.45, 2.75) is 47.5 Å². The van der Waals surface area contributed by atoms with Crippen molar-refractivity contribution < 1.29 is 23.9 Å². The largest absolute Gasteiger partial charge is 2.00 e. The van der Waals surface area contributed by atoms with E-state index in [-0.39, 0.29) is 59.7 Å². The third kappa shape index (κ3) is 5.57. The van der Waals surface area contributed by atoms with E-state index in [0.29, 0.717) is 40.2 Å². The van der Waals surface area contributed by atoms with E-state index in [2.05, 4.69) is 13.2 Å². The van der Waals surface area contributed by atoms with Gasteiger partial charge in [0.05, 0.1) is 7.11 Å². The zero-order chi connectivity index (χ0) is 33.0. The predicted molar refractivity (Wildman–Crippen MR) is 182 cm³/mol. The minimum absolute atomic E-state index is 0. The van der Waals surface area contributed by atoms with Crippen LogP contribution in [0.5, 0.6) is 0 Å². The normalized spacial score (nSPS) is 23.3. The van der Waals surface area contributed by atoms with Gasteiger partial charge in [-0.3, -0.25) is 14.4 Å². The zero-order valence-corrected chi connectivity index (χ0v) is 29.1. The van der Waals surface area contributed by atoms with Crippen LogP contribution in [0.2, 0.25) is 0 Å². The van der Waals surface area contributed by atoms with Crippen LogP contribution in [0.25, 0.3) is 35.2 Å². The first-order valence-electron chi connectivity index (χ1n) is 15.4. The van der Waals surface area contributed by atoms with Crippen molar-refractivity contribution >= 4 is 70.7 Å². The smallest absolute Gasteiger partial charge is 0.664 e. The monoisotopic (exact) mass is 640 g/mol. The number of rotatable bonds is 7. The Morgan fingerprint density at radius 2 is 1.57 bits per heavy atom. The molecule has 47 heavy (non-hydrogen) atoms. The van der Waals surface area contributed by atoms with E-state index >= 15 is 0 Å². The molecule has 0 N–H and O–H groups in total. The van der Waals surface area contributed by atoms with Crippen LogP contribution in [0.1, 0.15) is 80.7 Å². The molecule has 0 saturated carbocycles. The first kappa shape index (κ1) is 34.1. The van der Waals surface area contributed by atoms with Crippen LogP contribution in [-0.4, -0.2) is 54.5 Å². The average Bonchev–Trinajstić information content (AvgIpc) is 3.77. The van der Waals surface area contributed by atoms with Crippen LogP contribution in [0.4, 0.5) is 0 Å². The van der Waals surface area contributed by atoms with Crippen molar-refractivity contribution in [2.24, 2.45) is 17.8 Å². The number of aromatic nitrogens is 3. The molecule has 10 heteroatoms. The molecule has 0 unspecified atom stereocenters. The first-order chi connectivity index (χ1) is 22.0. The molecule has 6 rings (SSSR count). The summed E-state index contributed by atoms with van der Waals surface area (Å²) >= 11 is 0. The summed E-state index contributed by atoms with van der Waals surface area (Å²) in [6, 6.07) is 0. The Morgan fingerprint density at radius 3 is 2.21 bits per heavy atom. The minimum atomic E-state index is -1.21. The molecule has 1 saturated heterocycles. The van der Waals surface area contributed by atoms with Gasteiger partial charge in [-0.1, -0.05) is 78.3 Å². The van der Waals surface area contributed by atoms with E-state index in [9.17, 15) is 14.4 Å². The van der Waals surface area contributed by atoms with Gasteiger partial charge in [-0.2, -0.15) is 11.4 Å². The fourth-order valence-corrected chi connectivity index (χ4v) is 6.78. The Balaban J connectivity index is 0.00000433. The van der Waals surface area contributed by atoms with Gasteiger partial charge in [0.25, 0.3) is 0 Å². The van der Waals surface area contributed by atoms with Crippen LogP contribution >= 0.6 is 0 Å². The third-order valence-corrected chi connectivity index (χ3v) is 9.60. The molecule has 0 radical (unpaired) electrons. The van der Waals surface area contributed by atoms with Gasteiger partial charge in [-0.25, -0.2) is 0 Å². The van der Waals surface area contributed by atoms with Crippen molar-refractivity contribution in [3.8, 4) is 0 Å². The number of ketones is 1. The molecule has 0 aromatic carbocycles. The summed E-state index contributed by atoms with van der Waals surface area (Å²) in [5, 5.41) is 6.64. The van der Waals surface area contributed by atoms with E-state index < -0.39 is 11.9 Å². The molecule has 1 aliphatic carbocycles. The molecule has 3 aliphatic rings. The standard InChI is InChI=1S/C37H37N4O5.Mg/c1-9-13-46-30(42)12-11-23-20(6)27-15-26-19(5)22(10-2)29(39-26)16-25-18(4)17(3)24(38-25)14-28-21(7)31-35(41-28)32(34(23)40-27)33(36(31)43)37(44)45-8;/h9-10,14-16,20,23,33H,1-2,11-13H2,3-8H3,(H-,40,41,43);/q-3;+2/p-1/b24-14-,25-16-,27-15-;/t20-,23-,33+;/m0./s1. The number of hydrogen-bond acceptors (Lipinski definition) is 5. The Labute approximate surface area is 290 Å². The molecule has 8 bridgehead atoms. The van der Waals surface area contributed by atoms with Gasteiger partial charge >= 0.3 is 35.0 Å². The molecular formula is C37H36MgN4O5-2. The van der Waals surface area contributed by atoms with E-state index in [1.165, 1.54) is 13.2 Å². The van der Waals surface area contributed by atoms with Gasteiger partial charge in [0.1, 0.15) is 12.5 Å². The summed E-state index contributed by atoms with van der Waals surface area (Å²) in [6.07, 6.45) is 9.64. The molecule has 5 heterocycles. The number of carbonyl (C=O) groups excluding carboxylic acids is 3. The summed E-state index contributed by atoms with van der Waals surface area (Å²) in [5.41, 5.74) is 9.13. The number of fused-ring (bicyclic) bond motifs is 7. The second kappa shape index (κ2) is 13.1. The molecule has 0 amide bonds. The summed E-state index contributed by atoms with van der Waals surface area (Å²) in [7, 11) is 1.27. The number of nitrogens with zero attached hydrogens (tertiary/aromatic N) is 4. The van der Waals surface area contributed by atoms with E-state index in [1.54, 1.807) is 6.08 Å². The molecule has 3 aromatic heterocycles. The van der Waals surface area contributed by atoms with Gasteiger partial charge < -0.3 is 29.7 Å². The maximum absolute atomic E-state index is 14.0. The number of esters is 2. The quantitative estimate of drug-likeness (QED) is 0.165. The first-order valence-corrected chi connectivity index (χ1v) is 15.4. The maximum atomic E-state index is 14.0. The van der Waals surface area contributed by atoms with E-state index in [0.717, 1.165) is 50.0 Å². The molecule has 2 aliphatic heterocycles. The van der Waals surface area contributed by atoms with Crippen LogP contribution < -0.4 is 25.7 Å². The fraction of sp³-hybridized carbons (Fsp3) is 0.324. The number of hydrogen-bond donors (Lipinski definition) is 0. The number of carbonyl (C=O) groups is 3. The maximum Gasteiger partial charge on any atom is 2.00 e. The van der Waals surface area contributed by atoms with Crippen molar-refractivity contribution in [3.05, 3.63) is 103 Å². The molecule has 0 spiro atoms. The van der Waals surface area contributed by atoms with Crippen molar-refractivity contribution in [1.82, 2.24) is 15.0 Å². The Hall–Kier alpha value is -4.28. The average molecular weight is 641 g/mol. The summed E-state index contributed by atoms with van der Waals surface area (Å²) in [5.74, 6) is -3.11. The molecule has 238 valence electrons. The topological polar surface area (TPSA) is 126 Å². The van der Waals surface area contributed by atoms with Gasteiger partial charge in [-0.05, 0) is 51.5 Å². The van der Waals surface area contributed by atoms with Gasteiger partial charge in [0, 0.05) is 12.0 Å². The molecular weight excluding hydrogens is 605 g/mol. The second-order valence-electron chi connectivity index (χ2n) is 12.1. The number of allylic oxidation sites excluding steroid dienone is 2. The van der Waals surface area contributed by atoms with Crippen LogP contribution in [-0.2, 0) is 19.1 Å². The molecule has 9 nitrogen and oxygen atoms in total. The Kier molecular flexibility index (Phi) is 9.48. The summed E-state index contributed by atoms with van der Waals surface area (Å²) in [6.45, 7) is 17.7. The van der Waals surface area contributed by atoms with Crippen LogP contribution in [0.15, 0.2) is 30.6 Å². The predicted octanol–water partition coefficient (Wildman–Crippen LogP) is 3.91. The molecule has 1 fully saturated rings. The number of methoxy groups -OCH3 is 1. The molecule has 3 atom stereocenters. The van der Waals surface area contributed by atoms with Gasteiger partial charge in [0.2, 0.25) is 0 Å². The SMILES string of the molecule is C=CCOC(=O)CC[C@@H]1/C2=C3/c4[n-]c(c(C)c4C(=O)[C@@H]3C(=O)OC)/C=c3\[n-]/c(c(C)c3C)=C\c3[n-]c(c(C)c3C=C)/C=C(\[N-]2)[C@H]1C.[Mg+2]. The zero-order valence-electron chi connectivity index (χ0n) is 27.7. The molecule has 3 aromatic rings.